The molecule has 7 nitrogen and oxygen atoms in total. The van der Waals surface area contributed by atoms with Gasteiger partial charge in [0.2, 0.25) is 0 Å². The molecule has 4 heterocycles. The highest BCUT2D eigenvalue weighted by Gasteiger charge is 2.47. The highest BCUT2D eigenvalue weighted by atomic mass is 35.5. The van der Waals surface area contributed by atoms with E-state index in [0.717, 1.165) is 57.6 Å². The monoisotopic (exact) mass is 456 g/mol. The van der Waals surface area contributed by atoms with Crippen molar-refractivity contribution in [2.75, 3.05) is 52.9 Å². The number of fused-ring (bicyclic) bond motifs is 4. The summed E-state index contributed by atoms with van der Waals surface area (Å²) in [5.74, 6) is 1.35. The van der Waals surface area contributed by atoms with E-state index in [2.05, 4.69) is 22.3 Å². The molecule has 0 aromatic heterocycles. The Kier molecular flexibility index (Phi) is 6.63. The first kappa shape index (κ1) is 22.3. The van der Waals surface area contributed by atoms with Crippen molar-refractivity contribution in [2.24, 2.45) is 5.92 Å². The summed E-state index contributed by atoms with van der Waals surface area (Å²) in [6.45, 7) is 5.37. The normalized spacial score (nSPS) is 30.5. The fourth-order valence-corrected chi connectivity index (χ4v) is 7.73. The smallest absolute Gasteiger partial charge is 0.282 e. The van der Waals surface area contributed by atoms with Crippen LogP contribution in [-0.2, 0) is 16.6 Å². The zero-order chi connectivity index (χ0) is 20.0. The number of halogens is 1. The Balaban J connectivity index is 0.00000218. The van der Waals surface area contributed by atoms with Gasteiger partial charge in [0, 0.05) is 57.9 Å². The third-order valence-electron chi connectivity index (χ3n) is 7.32. The van der Waals surface area contributed by atoms with Gasteiger partial charge in [-0.1, -0.05) is 6.07 Å². The predicted molar refractivity (Wildman–Crippen MR) is 119 cm³/mol. The van der Waals surface area contributed by atoms with Crippen LogP contribution in [0.2, 0.25) is 0 Å². The van der Waals surface area contributed by atoms with Gasteiger partial charge in [-0.25, -0.2) is 0 Å². The van der Waals surface area contributed by atoms with Gasteiger partial charge >= 0.3 is 0 Å². The summed E-state index contributed by atoms with van der Waals surface area (Å²) in [5.41, 5.74) is 2.72. The number of rotatable bonds is 3. The molecule has 168 valence electrons. The van der Waals surface area contributed by atoms with Crippen LogP contribution < -0.4 is 10.1 Å². The topological polar surface area (TPSA) is 65.1 Å². The van der Waals surface area contributed by atoms with Crippen LogP contribution in [-0.4, -0.2) is 80.9 Å². The molecular weight excluding hydrogens is 424 g/mol. The molecule has 0 saturated carbocycles. The molecule has 0 bridgehead atoms. The van der Waals surface area contributed by atoms with Gasteiger partial charge in [-0.2, -0.15) is 17.0 Å². The van der Waals surface area contributed by atoms with Crippen molar-refractivity contribution < 1.29 is 13.2 Å². The zero-order valence-corrected chi connectivity index (χ0v) is 19.3. The number of piperidine rings is 2. The molecule has 3 fully saturated rings. The minimum atomic E-state index is -3.39. The summed E-state index contributed by atoms with van der Waals surface area (Å²) in [5, 5.41) is 3.26. The van der Waals surface area contributed by atoms with Crippen molar-refractivity contribution in [1.29, 1.82) is 0 Å². The average Bonchev–Trinajstić information content (AvgIpc) is 2.77. The maximum atomic E-state index is 13.5. The standard InChI is InChI=1S/C21H32N4O3S.ClH/c1-28-18-4-5-19-16(13-18)6-10-23-15-17-3-2-9-25(20(17)14-21(19)23)29(26,27)24-11-7-22-8-12-24;/h4-5,13,17,20-22H,2-3,6-12,14-15H2,1H3;1H/t17-,20+,21-;/m1./s1. The van der Waals surface area contributed by atoms with Gasteiger partial charge in [0.15, 0.2) is 0 Å². The molecule has 0 radical (unpaired) electrons. The van der Waals surface area contributed by atoms with Crippen LogP contribution in [0.4, 0.5) is 0 Å². The van der Waals surface area contributed by atoms with Crippen LogP contribution in [0.5, 0.6) is 5.75 Å². The summed E-state index contributed by atoms with van der Waals surface area (Å²) < 4.78 is 35.9. The molecular formula is C21H33ClN4O3S. The van der Waals surface area contributed by atoms with E-state index in [-0.39, 0.29) is 18.4 Å². The number of piperazine rings is 1. The van der Waals surface area contributed by atoms with E-state index in [1.807, 2.05) is 10.4 Å². The summed E-state index contributed by atoms with van der Waals surface area (Å²) in [4.78, 5) is 2.59. The van der Waals surface area contributed by atoms with E-state index in [1.165, 1.54) is 11.1 Å². The van der Waals surface area contributed by atoms with Crippen molar-refractivity contribution >= 4 is 22.6 Å². The van der Waals surface area contributed by atoms with E-state index >= 15 is 0 Å². The summed E-state index contributed by atoms with van der Waals surface area (Å²) in [6.07, 6.45) is 4.05. The van der Waals surface area contributed by atoms with Crippen molar-refractivity contribution in [3.05, 3.63) is 29.3 Å². The zero-order valence-electron chi connectivity index (χ0n) is 17.6. The Labute approximate surface area is 186 Å². The third-order valence-corrected chi connectivity index (χ3v) is 9.38. The number of hydrogen-bond donors (Lipinski definition) is 1. The summed E-state index contributed by atoms with van der Waals surface area (Å²) in [7, 11) is -1.68. The van der Waals surface area contributed by atoms with E-state index in [1.54, 1.807) is 11.4 Å². The second kappa shape index (κ2) is 8.92. The quantitative estimate of drug-likeness (QED) is 0.749. The number of ether oxygens (including phenoxy) is 1. The number of nitrogens with one attached hydrogen (secondary N) is 1. The van der Waals surface area contributed by atoms with Gasteiger partial charge in [-0.15, -0.1) is 12.4 Å². The first-order valence-corrected chi connectivity index (χ1v) is 12.4. The lowest BCUT2D eigenvalue weighted by Gasteiger charge is -2.52. The molecule has 0 unspecified atom stereocenters. The Morgan fingerprint density at radius 1 is 1.13 bits per heavy atom. The number of nitrogens with zero attached hydrogens (tertiary/aromatic N) is 3. The highest BCUT2D eigenvalue weighted by molar-refractivity contribution is 7.86. The minimum Gasteiger partial charge on any atom is -0.497 e. The fraction of sp³-hybridized carbons (Fsp3) is 0.714. The fourth-order valence-electron chi connectivity index (χ4n) is 5.83. The third kappa shape index (κ3) is 3.87. The van der Waals surface area contributed by atoms with Gasteiger partial charge in [0.1, 0.15) is 5.75 Å². The van der Waals surface area contributed by atoms with Crippen molar-refractivity contribution in [3.63, 3.8) is 0 Å². The largest absolute Gasteiger partial charge is 0.497 e. The lowest BCUT2D eigenvalue weighted by molar-refractivity contribution is 0.0195. The lowest BCUT2D eigenvalue weighted by Crippen LogP contribution is -2.61. The van der Waals surface area contributed by atoms with Crippen LogP contribution in [0.25, 0.3) is 0 Å². The summed E-state index contributed by atoms with van der Waals surface area (Å²) >= 11 is 0. The van der Waals surface area contributed by atoms with Crippen molar-refractivity contribution in [1.82, 2.24) is 18.8 Å². The second-order valence-corrected chi connectivity index (χ2v) is 10.7. The Morgan fingerprint density at radius 3 is 2.70 bits per heavy atom. The predicted octanol–water partition coefficient (Wildman–Crippen LogP) is 1.65. The molecule has 3 saturated heterocycles. The Bertz CT molecular complexity index is 862. The molecule has 30 heavy (non-hydrogen) atoms. The van der Waals surface area contributed by atoms with Crippen LogP contribution >= 0.6 is 12.4 Å². The van der Waals surface area contributed by atoms with E-state index in [9.17, 15) is 8.42 Å². The number of benzene rings is 1. The van der Waals surface area contributed by atoms with Crippen LogP contribution in [0.15, 0.2) is 18.2 Å². The average molecular weight is 457 g/mol. The van der Waals surface area contributed by atoms with Crippen molar-refractivity contribution in [2.45, 2.75) is 37.8 Å². The maximum Gasteiger partial charge on any atom is 0.282 e. The first-order chi connectivity index (χ1) is 14.1. The van der Waals surface area contributed by atoms with E-state index < -0.39 is 10.2 Å². The molecule has 1 aromatic carbocycles. The molecule has 4 aliphatic rings. The van der Waals surface area contributed by atoms with E-state index in [4.69, 9.17) is 4.74 Å². The molecule has 5 rings (SSSR count). The molecule has 1 aromatic rings. The van der Waals surface area contributed by atoms with Gasteiger partial charge in [-0.05, 0) is 54.9 Å². The molecule has 0 spiro atoms. The molecule has 3 atom stereocenters. The first-order valence-electron chi connectivity index (χ1n) is 11.0. The van der Waals surface area contributed by atoms with Gasteiger partial charge < -0.3 is 10.1 Å². The van der Waals surface area contributed by atoms with Gasteiger partial charge in [0.05, 0.1) is 7.11 Å². The summed E-state index contributed by atoms with van der Waals surface area (Å²) in [6, 6.07) is 6.82. The number of methoxy groups -OCH3 is 1. The second-order valence-electron chi connectivity index (χ2n) is 8.80. The van der Waals surface area contributed by atoms with E-state index in [0.29, 0.717) is 31.6 Å². The van der Waals surface area contributed by atoms with Crippen LogP contribution in [0, 0.1) is 5.92 Å². The molecule has 4 aliphatic heterocycles. The van der Waals surface area contributed by atoms with Gasteiger partial charge in [-0.3, -0.25) is 4.90 Å². The SMILES string of the molecule is COc1ccc2c(c1)CCN1C[C@H]3CCCN(S(=O)(=O)N4CCNCC4)[C@H]3C[C@H]21.Cl. The molecule has 1 N–H and O–H groups in total. The molecule has 9 heteroatoms. The Morgan fingerprint density at radius 2 is 1.93 bits per heavy atom. The highest BCUT2D eigenvalue weighted by Crippen LogP contribution is 2.44. The van der Waals surface area contributed by atoms with Gasteiger partial charge in [0.25, 0.3) is 10.2 Å². The molecule has 0 amide bonds. The lowest BCUT2D eigenvalue weighted by atomic mass is 9.77. The Hall–Kier alpha value is -0.900. The van der Waals surface area contributed by atoms with Crippen molar-refractivity contribution in [3.8, 4) is 5.75 Å². The maximum absolute atomic E-state index is 13.5. The molecule has 0 aliphatic carbocycles. The minimum absolute atomic E-state index is 0. The van der Waals surface area contributed by atoms with Crippen LogP contribution in [0.1, 0.15) is 36.4 Å². The van der Waals surface area contributed by atoms with Crippen LogP contribution in [0.3, 0.4) is 0 Å². The number of hydrogen-bond acceptors (Lipinski definition) is 5.